The molecule has 0 fully saturated rings. The maximum absolute atomic E-state index is 12.6. The van der Waals surface area contributed by atoms with E-state index in [-0.39, 0.29) is 11.1 Å². The van der Waals surface area contributed by atoms with E-state index in [1.54, 1.807) is 36.4 Å². The lowest BCUT2D eigenvalue weighted by Crippen LogP contribution is -2.20. The van der Waals surface area contributed by atoms with Crippen LogP contribution in [0.3, 0.4) is 0 Å². The summed E-state index contributed by atoms with van der Waals surface area (Å²) in [6.45, 7) is 1.82. The lowest BCUT2D eigenvalue weighted by atomic mass is 10.1. The molecule has 2 aromatic carbocycles. The van der Waals surface area contributed by atoms with E-state index in [0.29, 0.717) is 16.9 Å². The van der Waals surface area contributed by atoms with Crippen LogP contribution in [0.1, 0.15) is 15.9 Å². The van der Waals surface area contributed by atoms with Crippen LogP contribution in [-0.2, 0) is 0 Å². The second-order valence-corrected chi connectivity index (χ2v) is 5.94. The van der Waals surface area contributed by atoms with Crippen molar-refractivity contribution in [1.82, 2.24) is 0 Å². The highest BCUT2D eigenvalue weighted by atomic mass is 16.4. The van der Waals surface area contributed by atoms with Gasteiger partial charge in [0.05, 0.1) is 0 Å². The van der Waals surface area contributed by atoms with Crippen LogP contribution in [0.5, 0.6) is 0 Å². The number of fused-ring (bicyclic) bond motifs is 2. The van der Waals surface area contributed by atoms with Gasteiger partial charge in [-0.05, 0) is 36.8 Å². The number of amides is 1. The van der Waals surface area contributed by atoms with E-state index < -0.39 is 11.5 Å². The topological polar surface area (TPSA) is 96.3 Å². The Morgan fingerprint density at radius 1 is 1.00 bits per heavy atom. The maximum Gasteiger partial charge on any atom is 0.336 e. The van der Waals surface area contributed by atoms with E-state index in [0.717, 1.165) is 16.3 Å². The number of hydrogen-bond donors (Lipinski definition) is 2. The molecule has 128 valence electrons. The molecule has 0 bridgehead atoms. The summed E-state index contributed by atoms with van der Waals surface area (Å²) >= 11 is 0. The molecule has 26 heavy (non-hydrogen) atoms. The number of para-hydroxylation sites is 1. The molecule has 4 rings (SSSR count). The standard InChI is InChI=1S/C20H14N2O4/c1-11-8-18(23)25-17-10-13(6-7-14(11)17)22-20(24)15-9-12-4-2-3-5-16(12)26-19(15)21/h2-10,21H,1H3,(H,22,24). The van der Waals surface area contributed by atoms with Crippen LogP contribution in [0.2, 0.25) is 0 Å². The van der Waals surface area contributed by atoms with Crippen molar-refractivity contribution in [1.29, 1.82) is 5.41 Å². The number of aryl methyl sites for hydroxylation is 1. The number of carbonyl (C=O) groups excluding carboxylic acids is 1. The smallest absolute Gasteiger partial charge is 0.336 e. The van der Waals surface area contributed by atoms with Crippen molar-refractivity contribution in [3.05, 3.63) is 81.7 Å². The largest absolute Gasteiger partial charge is 0.438 e. The minimum absolute atomic E-state index is 0.120. The summed E-state index contributed by atoms with van der Waals surface area (Å²) in [5, 5.41) is 12.2. The van der Waals surface area contributed by atoms with Crippen molar-refractivity contribution >= 4 is 33.5 Å². The molecular formula is C20H14N2O4. The monoisotopic (exact) mass is 346 g/mol. The van der Waals surface area contributed by atoms with E-state index >= 15 is 0 Å². The molecule has 2 N–H and O–H groups in total. The molecule has 0 saturated carbocycles. The number of anilines is 1. The molecule has 4 aromatic rings. The van der Waals surface area contributed by atoms with Gasteiger partial charge in [-0.2, -0.15) is 0 Å². The fraction of sp³-hybridized carbons (Fsp3) is 0.0500. The minimum Gasteiger partial charge on any atom is -0.438 e. The number of hydrogen-bond acceptors (Lipinski definition) is 5. The molecule has 0 saturated heterocycles. The third kappa shape index (κ3) is 2.77. The predicted molar refractivity (Wildman–Crippen MR) is 97.2 cm³/mol. The highest BCUT2D eigenvalue weighted by Crippen LogP contribution is 2.21. The van der Waals surface area contributed by atoms with Crippen LogP contribution in [-0.4, -0.2) is 5.91 Å². The number of nitrogens with one attached hydrogen (secondary N) is 2. The first-order valence-corrected chi connectivity index (χ1v) is 7.94. The maximum atomic E-state index is 12.6. The molecule has 0 radical (unpaired) electrons. The van der Waals surface area contributed by atoms with E-state index in [9.17, 15) is 9.59 Å². The zero-order valence-electron chi connectivity index (χ0n) is 13.8. The zero-order chi connectivity index (χ0) is 18.3. The Morgan fingerprint density at radius 2 is 1.81 bits per heavy atom. The molecule has 2 heterocycles. The first kappa shape index (κ1) is 15.8. The lowest BCUT2D eigenvalue weighted by molar-refractivity contribution is 0.102. The number of rotatable bonds is 2. The summed E-state index contributed by atoms with van der Waals surface area (Å²) < 4.78 is 10.6. The van der Waals surface area contributed by atoms with E-state index in [1.807, 2.05) is 19.1 Å². The van der Waals surface area contributed by atoms with Gasteiger partial charge >= 0.3 is 5.63 Å². The highest BCUT2D eigenvalue weighted by Gasteiger charge is 2.13. The normalized spacial score (nSPS) is 11.0. The van der Waals surface area contributed by atoms with Crippen molar-refractivity contribution in [3.63, 3.8) is 0 Å². The summed E-state index contributed by atoms with van der Waals surface area (Å²) in [4.78, 5) is 24.1. The van der Waals surface area contributed by atoms with Gasteiger partial charge < -0.3 is 14.2 Å². The van der Waals surface area contributed by atoms with Gasteiger partial charge in [-0.3, -0.25) is 10.2 Å². The molecule has 0 aliphatic carbocycles. The van der Waals surface area contributed by atoms with Crippen LogP contribution >= 0.6 is 0 Å². The van der Waals surface area contributed by atoms with Gasteiger partial charge in [0.2, 0.25) is 5.55 Å². The second-order valence-electron chi connectivity index (χ2n) is 5.94. The molecule has 0 aliphatic rings. The summed E-state index contributed by atoms with van der Waals surface area (Å²) in [5.74, 6) is -0.473. The molecule has 0 spiro atoms. The molecule has 1 amide bonds. The van der Waals surface area contributed by atoms with Gasteiger partial charge in [0.25, 0.3) is 5.91 Å². The van der Waals surface area contributed by atoms with Crippen molar-refractivity contribution in [2.24, 2.45) is 0 Å². The van der Waals surface area contributed by atoms with Crippen molar-refractivity contribution < 1.29 is 13.6 Å². The quantitative estimate of drug-likeness (QED) is 0.542. The summed E-state index contributed by atoms with van der Waals surface area (Å²) in [6.07, 6.45) is 0. The fourth-order valence-electron chi connectivity index (χ4n) is 2.85. The summed E-state index contributed by atoms with van der Waals surface area (Å²) in [7, 11) is 0. The van der Waals surface area contributed by atoms with Gasteiger partial charge in [0.15, 0.2) is 0 Å². The molecule has 0 atom stereocenters. The first-order valence-electron chi connectivity index (χ1n) is 7.94. The molecular weight excluding hydrogens is 332 g/mol. The Morgan fingerprint density at radius 3 is 2.65 bits per heavy atom. The van der Waals surface area contributed by atoms with Crippen molar-refractivity contribution in [2.75, 3.05) is 5.32 Å². The average molecular weight is 346 g/mol. The van der Waals surface area contributed by atoms with Crippen molar-refractivity contribution in [2.45, 2.75) is 6.92 Å². The average Bonchev–Trinajstić information content (AvgIpc) is 2.60. The lowest BCUT2D eigenvalue weighted by Gasteiger charge is -2.07. The van der Waals surface area contributed by atoms with Crippen LogP contribution in [0, 0.1) is 12.3 Å². The van der Waals surface area contributed by atoms with Crippen LogP contribution in [0.4, 0.5) is 5.69 Å². The predicted octanol–water partition coefficient (Wildman–Crippen LogP) is 3.58. The first-order chi connectivity index (χ1) is 12.5. The Bertz CT molecular complexity index is 1280. The Kier molecular flexibility index (Phi) is 3.65. The van der Waals surface area contributed by atoms with Gasteiger partial charge in [-0.25, -0.2) is 4.79 Å². The van der Waals surface area contributed by atoms with Crippen LogP contribution < -0.4 is 16.5 Å². The minimum atomic E-state index is -0.473. The van der Waals surface area contributed by atoms with Crippen LogP contribution in [0.15, 0.2) is 68.2 Å². The Labute approximate surface area is 147 Å². The van der Waals surface area contributed by atoms with Gasteiger partial charge in [0, 0.05) is 28.6 Å². The molecule has 6 heteroatoms. The highest BCUT2D eigenvalue weighted by molar-refractivity contribution is 6.06. The fourth-order valence-corrected chi connectivity index (χ4v) is 2.85. The van der Waals surface area contributed by atoms with Gasteiger partial charge in [-0.1, -0.05) is 18.2 Å². The van der Waals surface area contributed by atoms with E-state index in [4.69, 9.17) is 14.2 Å². The summed E-state index contributed by atoms with van der Waals surface area (Å²) in [6, 6.07) is 15.3. The molecule has 0 aliphatic heterocycles. The number of carbonyl (C=O) groups is 1. The molecule has 0 unspecified atom stereocenters. The third-order valence-corrected chi connectivity index (χ3v) is 4.13. The van der Waals surface area contributed by atoms with Crippen molar-refractivity contribution in [3.8, 4) is 0 Å². The van der Waals surface area contributed by atoms with Gasteiger partial charge in [0.1, 0.15) is 16.7 Å². The van der Waals surface area contributed by atoms with E-state index in [1.165, 1.54) is 6.07 Å². The van der Waals surface area contributed by atoms with Crippen LogP contribution in [0.25, 0.3) is 21.9 Å². The third-order valence-electron chi connectivity index (χ3n) is 4.13. The van der Waals surface area contributed by atoms with E-state index in [2.05, 4.69) is 5.32 Å². The Balaban J connectivity index is 1.72. The molecule has 2 aromatic heterocycles. The molecule has 6 nitrogen and oxygen atoms in total. The second kappa shape index (κ2) is 6.00. The zero-order valence-corrected chi connectivity index (χ0v) is 13.8. The number of benzene rings is 2. The van der Waals surface area contributed by atoms with Gasteiger partial charge in [-0.15, -0.1) is 0 Å². The Hall–Kier alpha value is -3.67. The SMILES string of the molecule is Cc1cc(=O)oc2cc(NC(=O)c3cc4ccccc4oc3=N)ccc12. The summed E-state index contributed by atoms with van der Waals surface area (Å²) in [5.41, 5.74) is 1.65.